The number of benzene rings is 1. The maximum absolute atomic E-state index is 12.4. The van der Waals surface area contributed by atoms with Crippen LogP contribution in [0.25, 0.3) is 0 Å². The fourth-order valence-corrected chi connectivity index (χ4v) is 3.13. The lowest BCUT2D eigenvalue weighted by Crippen LogP contribution is -2.16. The van der Waals surface area contributed by atoms with Crippen LogP contribution in [0.15, 0.2) is 41.6 Å². The van der Waals surface area contributed by atoms with Gasteiger partial charge in [0, 0.05) is 19.3 Å². The van der Waals surface area contributed by atoms with Crippen LogP contribution in [-0.2, 0) is 10.0 Å². The van der Waals surface area contributed by atoms with E-state index >= 15 is 0 Å². The summed E-state index contributed by atoms with van der Waals surface area (Å²) in [5.74, 6) is 0.493. The molecule has 0 fully saturated rings. The first-order valence-corrected chi connectivity index (χ1v) is 7.83. The Bertz CT molecular complexity index is 750. The van der Waals surface area contributed by atoms with Crippen LogP contribution in [0, 0.1) is 0 Å². The summed E-state index contributed by atoms with van der Waals surface area (Å²) in [4.78, 5) is 3.90. The molecule has 0 atom stereocenters. The molecule has 1 aromatic carbocycles. The summed E-state index contributed by atoms with van der Waals surface area (Å²) in [6.07, 6.45) is 1.41. The number of aromatic nitrogens is 1. The van der Waals surface area contributed by atoms with Crippen LogP contribution in [0.2, 0.25) is 5.02 Å². The summed E-state index contributed by atoms with van der Waals surface area (Å²) in [7, 11) is -0.762. The highest BCUT2D eigenvalue weighted by atomic mass is 35.5. The van der Waals surface area contributed by atoms with Crippen molar-refractivity contribution < 1.29 is 13.2 Å². The van der Waals surface area contributed by atoms with E-state index in [9.17, 15) is 8.42 Å². The Labute approximate surface area is 128 Å². The molecule has 0 unspecified atom stereocenters. The molecule has 112 valence electrons. The molecular formula is C13H14ClN3O3S. The molecule has 0 aliphatic rings. The normalized spacial score (nSPS) is 11.0. The Balaban J connectivity index is 2.42. The lowest BCUT2D eigenvalue weighted by molar-refractivity contribution is 0.415. The Morgan fingerprint density at radius 2 is 2.00 bits per heavy atom. The third-order valence-corrected chi connectivity index (χ3v) is 4.37. The first-order valence-electron chi connectivity index (χ1n) is 5.97. The van der Waals surface area contributed by atoms with Crippen LogP contribution in [0.3, 0.4) is 0 Å². The summed E-state index contributed by atoms with van der Waals surface area (Å²) in [5.41, 5.74) is 0.618. The number of pyridine rings is 1. The van der Waals surface area contributed by atoms with E-state index in [2.05, 4.69) is 15.0 Å². The largest absolute Gasteiger partial charge is 0.497 e. The highest BCUT2D eigenvalue weighted by Crippen LogP contribution is 2.29. The molecule has 1 heterocycles. The van der Waals surface area contributed by atoms with Crippen LogP contribution < -0.4 is 14.8 Å². The number of nitrogens with zero attached hydrogens (tertiary/aromatic N) is 1. The quantitative estimate of drug-likeness (QED) is 0.882. The van der Waals surface area contributed by atoms with Gasteiger partial charge in [-0.05, 0) is 24.3 Å². The van der Waals surface area contributed by atoms with Crippen molar-refractivity contribution in [2.45, 2.75) is 5.03 Å². The molecule has 0 aliphatic heterocycles. The van der Waals surface area contributed by atoms with Crippen LogP contribution in [-0.4, -0.2) is 27.6 Å². The maximum atomic E-state index is 12.4. The fourth-order valence-electron chi connectivity index (χ4n) is 1.70. The monoisotopic (exact) mass is 327 g/mol. The average molecular weight is 328 g/mol. The molecule has 0 bridgehead atoms. The van der Waals surface area contributed by atoms with Gasteiger partial charge >= 0.3 is 0 Å². The molecule has 0 spiro atoms. The molecule has 0 saturated carbocycles. The van der Waals surface area contributed by atoms with Crippen molar-refractivity contribution in [3.05, 3.63) is 41.6 Å². The molecule has 0 radical (unpaired) electrons. The van der Waals surface area contributed by atoms with Gasteiger partial charge in [-0.3, -0.25) is 4.72 Å². The molecule has 0 amide bonds. The number of hydrogen-bond donors (Lipinski definition) is 2. The van der Waals surface area contributed by atoms with E-state index < -0.39 is 10.0 Å². The number of nitrogens with one attached hydrogen (secondary N) is 2. The summed E-state index contributed by atoms with van der Waals surface area (Å²) in [6.45, 7) is 0. The number of hydrogen-bond acceptors (Lipinski definition) is 5. The van der Waals surface area contributed by atoms with Gasteiger partial charge in [-0.25, -0.2) is 4.98 Å². The molecule has 21 heavy (non-hydrogen) atoms. The van der Waals surface area contributed by atoms with E-state index in [0.29, 0.717) is 11.4 Å². The zero-order chi connectivity index (χ0) is 15.5. The second kappa shape index (κ2) is 6.19. The number of ether oxygens (including phenoxy) is 1. The standard InChI is InChI=1S/C13H14ClN3O3S/c1-15-11-4-3-7-16-13(11)21(18,19)17-12-8-9(20-2)5-6-10(12)14/h3-8,15,17H,1-2H3. The number of rotatable bonds is 5. The van der Waals surface area contributed by atoms with Crippen molar-refractivity contribution in [1.82, 2.24) is 4.98 Å². The second-order valence-electron chi connectivity index (χ2n) is 4.06. The van der Waals surface area contributed by atoms with E-state index in [1.54, 1.807) is 31.3 Å². The van der Waals surface area contributed by atoms with Crippen molar-refractivity contribution in [3.8, 4) is 5.75 Å². The smallest absolute Gasteiger partial charge is 0.281 e. The van der Waals surface area contributed by atoms with Gasteiger partial charge in [0.25, 0.3) is 10.0 Å². The molecular weight excluding hydrogens is 314 g/mol. The number of halogens is 1. The van der Waals surface area contributed by atoms with Crippen LogP contribution in [0.1, 0.15) is 0 Å². The molecule has 1 aromatic heterocycles. The molecule has 0 saturated heterocycles. The minimum atomic E-state index is -3.87. The van der Waals surface area contributed by atoms with Crippen molar-refractivity contribution in [1.29, 1.82) is 0 Å². The average Bonchev–Trinajstić information content (AvgIpc) is 2.49. The Morgan fingerprint density at radius 1 is 1.24 bits per heavy atom. The number of methoxy groups -OCH3 is 1. The third-order valence-electron chi connectivity index (χ3n) is 2.71. The van der Waals surface area contributed by atoms with Gasteiger partial charge in [0.1, 0.15) is 5.75 Å². The predicted molar refractivity (Wildman–Crippen MR) is 82.6 cm³/mol. The van der Waals surface area contributed by atoms with Gasteiger partial charge < -0.3 is 10.1 Å². The highest BCUT2D eigenvalue weighted by molar-refractivity contribution is 7.92. The van der Waals surface area contributed by atoms with Gasteiger partial charge in [0.15, 0.2) is 5.03 Å². The minimum Gasteiger partial charge on any atom is -0.497 e. The zero-order valence-corrected chi connectivity index (χ0v) is 13.0. The van der Waals surface area contributed by atoms with Crippen molar-refractivity contribution in [3.63, 3.8) is 0 Å². The Kier molecular flexibility index (Phi) is 4.54. The fraction of sp³-hybridized carbons (Fsp3) is 0.154. The Morgan fingerprint density at radius 3 is 2.67 bits per heavy atom. The molecule has 8 heteroatoms. The third kappa shape index (κ3) is 3.37. The molecule has 2 rings (SSSR count). The van der Waals surface area contributed by atoms with Crippen LogP contribution in [0.4, 0.5) is 11.4 Å². The van der Waals surface area contributed by atoms with Gasteiger partial charge in [0.2, 0.25) is 0 Å². The molecule has 6 nitrogen and oxygen atoms in total. The zero-order valence-electron chi connectivity index (χ0n) is 11.4. The van der Waals surface area contributed by atoms with Gasteiger partial charge in [-0.15, -0.1) is 0 Å². The van der Waals surface area contributed by atoms with E-state index in [1.165, 1.54) is 19.4 Å². The lowest BCUT2D eigenvalue weighted by atomic mass is 10.3. The van der Waals surface area contributed by atoms with Crippen molar-refractivity contribution in [2.24, 2.45) is 0 Å². The summed E-state index contributed by atoms with van der Waals surface area (Å²) < 4.78 is 32.3. The second-order valence-corrected chi connectivity index (χ2v) is 6.06. The van der Waals surface area contributed by atoms with Crippen molar-refractivity contribution >= 4 is 33.0 Å². The van der Waals surface area contributed by atoms with Gasteiger partial charge in [-0.2, -0.15) is 8.42 Å². The van der Waals surface area contributed by atoms with E-state index in [1.807, 2.05) is 0 Å². The summed E-state index contributed by atoms with van der Waals surface area (Å²) in [5, 5.41) is 2.95. The predicted octanol–water partition coefficient (Wildman–Crippen LogP) is 2.59. The maximum Gasteiger partial charge on any atom is 0.281 e. The molecule has 0 aliphatic carbocycles. The first-order chi connectivity index (χ1) is 9.97. The van der Waals surface area contributed by atoms with E-state index in [0.717, 1.165) is 0 Å². The van der Waals surface area contributed by atoms with Crippen molar-refractivity contribution in [2.75, 3.05) is 24.2 Å². The van der Waals surface area contributed by atoms with Crippen LogP contribution in [0.5, 0.6) is 5.75 Å². The minimum absolute atomic E-state index is 0.105. The Hall–Kier alpha value is -1.99. The molecule has 2 N–H and O–H groups in total. The van der Waals surface area contributed by atoms with Crippen LogP contribution >= 0.6 is 11.6 Å². The first kappa shape index (κ1) is 15.4. The van der Waals surface area contributed by atoms with E-state index in [4.69, 9.17) is 16.3 Å². The molecule has 2 aromatic rings. The topological polar surface area (TPSA) is 80.3 Å². The summed E-state index contributed by atoms with van der Waals surface area (Å²) >= 11 is 6.00. The van der Waals surface area contributed by atoms with E-state index in [-0.39, 0.29) is 15.7 Å². The SMILES string of the molecule is CNc1cccnc1S(=O)(=O)Nc1cc(OC)ccc1Cl. The lowest BCUT2D eigenvalue weighted by Gasteiger charge is -2.12. The van der Waals surface area contributed by atoms with Gasteiger partial charge in [-0.1, -0.05) is 11.6 Å². The highest BCUT2D eigenvalue weighted by Gasteiger charge is 2.21. The summed E-state index contributed by atoms with van der Waals surface area (Å²) in [6, 6.07) is 7.95. The number of sulfonamides is 1. The number of anilines is 2. The van der Waals surface area contributed by atoms with Gasteiger partial charge in [0.05, 0.1) is 23.5 Å².